The highest BCUT2D eigenvalue weighted by Gasteiger charge is 2.29. The van der Waals surface area contributed by atoms with E-state index in [-0.39, 0.29) is 27.9 Å². The van der Waals surface area contributed by atoms with Gasteiger partial charge < -0.3 is 15.2 Å². The molecule has 2 aromatic carbocycles. The minimum absolute atomic E-state index is 0.0247. The number of benzene rings is 2. The third kappa shape index (κ3) is 2.90. The van der Waals surface area contributed by atoms with Crippen molar-refractivity contribution >= 4 is 52.2 Å². The lowest BCUT2D eigenvalue weighted by Crippen LogP contribution is -2.14. The van der Waals surface area contributed by atoms with Gasteiger partial charge in [-0.05, 0) is 30.3 Å². The summed E-state index contributed by atoms with van der Waals surface area (Å²) in [5.74, 6) is -1.65. The number of carboxylic acids is 1. The Morgan fingerprint density at radius 1 is 1.18 bits per heavy atom. The molecule has 0 radical (unpaired) electrons. The van der Waals surface area contributed by atoms with E-state index < -0.39 is 11.7 Å². The third-order valence-electron chi connectivity index (χ3n) is 4.19. The lowest BCUT2D eigenvalue weighted by molar-refractivity contribution is -0.129. The predicted molar refractivity (Wildman–Crippen MR) is 107 cm³/mol. The maximum atomic E-state index is 12.3. The lowest BCUT2D eigenvalue weighted by Gasteiger charge is -2.06. The molecule has 0 spiro atoms. The van der Waals surface area contributed by atoms with Gasteiger partial charge in [0.25, 0.3) is 0 Å². The maximum absolute atomic E-state index is 12.3. The fourth-order valence-electron chi connectivity index (χ4n) is 3.02. The molecule has 0 saturated heterocycles. The number of H-pyrrole nitrogens is 1. The van der Waals surface area contributed by atoms with E-state index in [4.69, 9.17) is 23.2 Å². The molecule has 140 valence electrons. The molecule has 0 unspecified atom stereocenters. The molecule has 1 aliphatic heterocycles. The van der Waals surface area contributed by atoms with Crippen LogP contribution in [0.3, 0.4) is 0 Å². The number of para-hydroxylation sites is 1. The second kappa shape index (κ2) is 6.70. The Morgan fingerprint density at radius 3 is 2.57 bits per heavy atom. The van der Waals surface area contributed by atoms with Gasteiger partial charge in [-0.1, -0.05) is 41.4 Å². The van der Waals surface area contributed by atoms with Gasteiger partial charge in [0.05, 0.1) is 16.4 Å². The number of rotatable bonds is 3. The summed E-state index contributed by atoms with van der Waals surface area (Å²) in [6.45, 7) is 0. The lowest BCUT2D eigenvalue weighted by atomic mass is 10.0. The van der Waals surface area contributed by atoms with Crippen molar-refractivity contribution in [2.75, 3.05) is 0 Å². The number of aromatic hydroxyl groups is 1. The van der Waals surface area contributed by atoms with Crippen molar-refractivity contribution in [1.82, 2.24) is 9.55 Å². The number of nitrogens with zero attached hydrogens (tertiary/aromatic N) is 2. The smallest absolute Gasteiger partial charge is 0.355 e. The molecular weight excluding hydrogens is 405 g/mol. The molecule has 1 aromatic heterocycles. The summed E-state index contributed by atoms with van der Waals surface area (Å²) in [7, 11) is 0. The van der Waals surface area contributed by atoms with Gasteiger partial charge in [0.15, 0.2) is 5.71 Å². The van der Waals surface area contributed by atoms with Crippen molar-refractivity contribution in [2.24, 2.45) is 4.99 Å². The first-order valence-corrected chi connectivity index (χ1v) is 8.75. The molecule has 0 amide bonds. The molecule has 0 saturated carbocycles. The number of carboxylic acid groups (broad SMARTS) is 1. The zero-order chi connectivity index (χ0) is 20.0. The average molecular weight is 416 g/mol. The Kier molecular flexibility index (Phi) is 4.33. The topological polar surface area (TPSA) is 108 Å². The fraction of sp³-hybridized carbons (Fsp3) is 0. The Labute approximate surface area is 167 Å². The van der Waals surface area contributed by atoms with Crippen LogP contribution in [0.15, 0.2) is 52.3 Å². The third-order valence-corrected chi connectivity index (χ3v) is 4.71. The standard InChI is InChI=1S/C19H11Cl2N3O4/c20-9-6-12(21)15-11(16(18(26)27)22-13(15)7-9)8-14-17(25)24(19(28)23-14)10-4-2-1-3-5-10/h1-8,25H,(H,23,28)(H,26,27)/b11-8-. The number of halogens is 2. The van der Waals surface area contributed by atoms with Gasteiger partial charge in [-0.2, -0.15) is 0 Å². The number of aliphatic imine (C=N–C) groups is 1. The van der Waals surface area contributed by atoms with Crippen LogP contribution in [0, 0.1) is 0 Å². The second-order valence-corrected chi connectivity index (χ2v) is 6.79. The molecule has 7 nitrogen and oxygen atoms in total. The summed E-state index contributed by atoms with van der Waals surface area (Å²) in [6, 6.07) is 11.5. The van der Waals surface area contributed by atoms with E-state index >= 15 is 0 Å². The Bertz CT molecular complexity index is 1240. The minimum Gasteiger partial charge on any atom is -0.493 e. The van der Waals surface area contributed by atoms with Crippen LogP contribution >= 0.6 is 23.2 Å². The molecule has 4 rings (SSSR count). The molecule has 28 heavy (non-hydrogen) atoms. The number of hydrogen-bond acceptors (Lipinski definition) is 4. The van der Waals surface area contributed by atoms with Gasteiger partial charge in [-0.3, -0.25) is 0 Å². The summed E-state index contributed by atoms with van der Waals surface area (Å²) >= 11 is 12.2. The van der Waals surface area contributed by atoms with Crippen molar-refractivity contribution in [1.29, 1.82) is 0 Å². The number of carbonyl (C=O) groups is 1. The van der Waals surface area contributed by atoms with E-state index in [0.717, 1.165) is 4.57 Å². The largest absolute Gasteiger partial charge is 0.493 e. The van der Waals surface area contributed by atoms with Crippen molar-refractivity contribution in [3.05, 3.63) is 74.3 Å². The zero-order valence-electron chi connectivity index (χ0n) is 14.0. The predicted octanol–water partition coefficient (Wildman–Crippen LogP) is 3.89. The first-order chi connectivity index (χ1) is 13.4. The second-order valence-electron chi connectivity index (χ2n) is 5.94. The van der Waals surface area contributed by atoms with Gasteiger partial charge >= 0.3 is 11.7 Å². The van der Waals surface area contributed by atoms with Crippen LogP contribution in [0.4, 0.5) is 5.69 Å². The van der Waals surface area contributed by atoms with Crippen LogP contribution in [-0.4, -0.2) is 31.4 Å². The molecule has 0 bridgehead atoms. The summed E-state index contributed by atoms with van der Waals surface area (Å²) < 4.78 is 1.07. The number of aromatic amines is 1. The van der Waals surface area contributed by atoms with E-state index in [2.05, 4.69) is 9.98 Å². The molecule has 0 fully saturated rings. The highest BCUT2D eigenvalue weighted by Crippen LogP contribution is 2.43. The number of imidazole rings is 1. The van der Waals surface area contributed by atoms with Crippen molar-refractivity contribution in [3.63, 3.8) is 0 Å². The van der Waals surface area contributed by atoms with Gasteiger partial charge in [-0.15, -0.1) is 0 Å². The first-order valence-electron chi connectivity index (χ1n) is 7.99. The number of hydrogen-bond donors (Lipinski definition) is 3. The Hall–Kier alpha value is -3.29. The maximum Gasteiger partial charge on any atom is 0.355 e. The van der Waals surface area contributed by atoms with Gasteiger partial charge in [0.1, 0.15) is 5.69 Å². The van der Waals surface area contributed by atoms with Gasteiger partial charge in [0.2, 0.25) is 5.88 Å². The summed E-state index contributed by atoms with van der Waals surface area (Å²) in [4.78, 5) is 30.6. The van der Waals surface area contributed by atoms with Crippen molar-refractivity contribution in [2.45, 2.75) is 0 Å². The molecule has 3 N–H and O–H groups in total. The van der Waals surface area contributed by atoms with E-state index in [1.54, 1.807) is 30.3 Å². The van der Waals surface area contributed by atoms with Gasteiger partial charge in [-0.25, -0.2) is 19.1 Å². The zero-order valence-corrected chi connectivity index (χ0v) is 15.5. The SMILES string of the molecule is O=C(O)C1=Nc2cc(Cl)cc(Cl)c2/C1=C/c1[nH]c(=O)n(-c2ccccc2)c1O. The van der Waals surface area contributed by atoms with Crippen LogP contribution < -0.4 is 5.69 Å². The molecular formula is C19H11Cl2N3O4. The minimum atomic E-state index is -1.28. The van der Waals surface area contributed by atoms with Crippen LogP contribution in [0.1, 0.15) is 11.3 Å². The Balaban J connectivity index is 1.92. The van der Waals surface area contributed by atoms with E-state index in [0.29, 0.717) is 22.0 Å². The summed E-state index contributed by atoms with van der Waals surface area (Å²) in [6.07, 6.45) is 1.33. The highest BCUT2D eigenvalue weighted by atomic mass is 35.5. The molecule has 9 heteroatoms. The van der Waals surface area contributed by atoms with E-state index in [1.165, 1.54) is 18.2 Å². The first kappa shape index (κ1) is 18.1. The van der Waals surface area contributed by atoms with Crippen LogP contribution in [-0.2, 0) is 4.79 Å². The normalized spacial score (nSPS) is 14.2. The Morgan fingerprint density at radius 2 is 1.89 bits per heavy atom. The fourth-order valence-corrected chi connectivity index (χ4v) is 3.61. The van der Waals surface area contributed by atoms with Crippen LogP contribution in [0.2, 0.25) is 10.0 Å². The molecule has 2 heterocycles. The van der Waals surface area contributed by atoms with Crippen molar-refractivity contribution in [3.8, 4) is 11.6 Å². The van der Waals surface area contributed by atoms with E-state index in [1.807, 2.05) is 0 Å². The molecule has 1 aliphatic rings. The quantitative estimate of drug-likeness (QED) is 0.602. The summed E-state index contributed by atoms with van der Waals surface area (Å²) in [5.41, 5.74) is 0.436. The van der Waals surface area contributed by atoms with Crippen LogP contribution in [0.5, 0.6) is 5.88 Å². The number of aliphatic carboxylic acids is 1. The summed E-state index contributed by atoms with van der Waals surface area (Å²) in [5, 5.41) is 20.6. The number of aromatic nitrogens is 2. The van der Waals surface area contributed by atoms with Crippen LogP contribution in [0.25, 0.3) is 17.3 Å². The highest BCUT2D eigenvalue weighted by molar-refractivity contribution is 6.59. The van der Waals surface area contributed by atoms with Gasteiger partial charge in [0, 0.05) is 16.2 Å². The van der Waals surface area contributed by atoms with Crippen molar-refractivity contribution < 1.29 is 15.0 Å². The molecule has 0 aliphatic carbocycles. The number of nitrogens with one attached hydrogen (secondary N) is 1. The molecule has 0 atom stereocenters. The number of fused-ring (bicyclic) bond motifs is 1. The average Bonchev–Trinajstić information content (AvgIpc) is 3.13. The monoisotopic (exact) mass is 415 g/mol. The van der Waals surface area contributed by atoms with E-state index in [9.17, 15) is 19.8 Å². The molecule has 3 aromatic rings.